The lowest BCUT2D eigenvalue weighted by atomic mass is 10.2. The van der Waals surface area contributed by atoms with Crippen molar-refractivity contribution >= 4 is 6.79 Å². The second kappa shape index (κ2) is 21.7. The van der Waals surface area contributed by atoms with Crippen LogP contribution in [0.25, 0.3) is 0 Å². The van der Waals surface area contributed by atoms with E-state index in [2.05, 4.69) is 33.9 Å². The second-order valence-corrected chi connectivity index (χ2v) is 5.45. The molecule has 0 bridgehead atoms. The van der Waals surface area contributed by atoms with Crippen molar-refractivity contribution in [2.24, 2.45) is 0 Å². The first kappa shape index (κ1) is 34.1. The zero-order valence-electron chi connectivity index (χ0n) is 20.7. The summed E-state index contributed by atoms with van der Waals surface area (Å²) in [4.78, 5) is 17.2. The average Bonchev–Trinajstić information content (AvgIpc) is 2.86. The maximum absolute atomic E-state index is 12.4. The van der Waals surface area contributed by atoms with Crippen molar-refractivity contribution in [1.29, 1.82) is 0 Å². The molecule has 0 saturated heterocycles. The molecule has 0 N–H and O–H groups in total. The summed E-state index contributed by atoms with van der Waals surface area (Å²) < 4.78 is 42.8. The van der Waals surface area contributed by atoms with Crippen LogP contribution in [0.4, 0.5) is 13.2 Å². The number of alkyl halides is 3. The molecule has 2 rings (SSSR count). The van der Waals surface area contributed by atoms with Gasteiger partial charge in [0, 0.05) is 12.6 Å². The fraction of sp³-hybridized carbons (Fsp3) is 0.542. The van der Waals surface area contributed by atoms with Crippen molar-refractivity contribution in [3.8, 4) is 5.88 Å². The standard InChI is InChI=1S/C17H20F3N3O.3C2H6.CH2O/c1-3-23(11-14-7-5-4-6-8-14)13(2)12-24-16-10-21-15(9-22-16)17(18,19)20;4*1-2/h4-10,13H,3,11-12H2,1-2H3;3*1-2H3;1H2. The number of halogens is 3. The summed E-state index contributed by atoms with van der Waals surface area (Å²) >= 11 is 0. The Morgan fingerprint density at radius 1 is 0.969 bits per heavy atom. The molecule has 0 aliphatic rings. The van der Waals surface area contributed by atoms with E-state index in [0.29, 0.717) is 12.8 Å². The molecule has 1 heterocycles. The number of likely N-dealkylation sites (N-methyl/N-ethyl adjacent to an activating group) is 1. The number of carbonyl (C=O) groups is 1. The van der Waals surface area contributed by atoms with E-state index in [0.717, 1.165) is 19.3 Å². The van der Waals surface area contributed by atoms with E-state index < -0.39 is 11.9 Å². The summed E-state index contributed by atoms with van der Waals surface area (Å²) in [5.41, 5.74) is 0.169. The number of hydrogen-bond acceptors (Lipinski definition) is 5. The van der Waals surface area contributed by atoms with Gasteiger partial charge in [-0.05, 0) is 19.0 Å². The van der Waals surface area contributed by atoms with E-state index in [1.807, 2.05) is 73.5 Å². The van der Waals surface area contributed by atoms with E-state index in [1.165, 1.54) is 5.56 Å². The van der Waals surface area contributed by atoms with Crippen molar-refractivity contribution in [3.63, 3.8) is 0 Å². The molecule has 1 unspecified atom stereocenters. The third-order valence-electron chi connectivity index (χ3n) is 3.65. The minimum Gasteiger partial charge on any atom is -0.475 e. The van der Waals surface area contributed by atoms with Crippen molar-refractivity contribution in [2.45, 2.75) is 74.2 Å². The molecule has 2 aromatic rings. The predicted octanol–water partition coefficient (Wildman–Crippen LogP) is 6.68. The molecule has 0 aliphatic carbocycles. The Morgan fingerprint density at radius 2 is 1.50 bits per heavy atom. The molecule has 1 atom stereocenters. The number of nitrogens with zero attached hydrogens (tertiary/aromatic N) is 3. The molecule has 0 aliphatic heterocycles. The lowest BCUT2D eigenvalue weighted by molar-refractivity contribution is -0.141. The SMILES string of the molecule is C=O.CC.CC.CC.CCN(Cc1ccccc1)C(C)COc1cnc(C(F)(F)F)cn1. The van der Waals surface area contributed by atoms with Crippen LogP contribution >= 0.6 is 0 Å². The first-order valence-corrected chi connectivity index (χ1v) is 11.0. The van der Waals surface area contributed by atoms with Gasteiger partial charge < -0.3 is 9.53 Å². The van der Waals surface area contributed by atoms with Gasteiger partial charge in [0.1, 0.15) is 13.4 Å². The van der Waals surface area contributed by atoms with Crippen molar-refractivity contribution in [1.82, 2.24) is 14.9 Å². The monoisotopic (exact) mass is 459 g/mol. The van der Waals surface area contributed by atoms with Crippen LogP contribution in [0.5, 0.6) is 5.88 Å². The topological polar surface area (TPSA) is 55.3 Å². The number of benzene rings is 1. The van der Waals surface area contributed by atoms with Crippen molar-refractivity contribution in [2.75, 3.05) is 13.2 Å². The first-order chi connectivity index (χ1) is 15.4. The quantitative estimate of drug-likeness (QED) is 0.462. The van der Waals surface area contributed by atoms with Crippen LogP contribution in [0.1, 0.15) is 66.6 Å². The molecule has 1 aromatic heterocycles. The molecule has 0 radical (unpaired) electrons. The zero-order valence-corrected chi connectivity index (χ0v) is 20.7. The number of rotatable bonds is 7. The van der Waals surface area contributed by atoms with Crippen LogP contribution < -0.4 is 4.74 Å². The first-order valence-electron chi connectivity index (χ1n) is 11.0. The molecule has 0 fully saturated rings. The van der Waals surface area contributed by atoms with E-state index in [1.54, 1.807) is 0 Å². The van der Waals surface area contributed by atoms with Crippen molar-refractivity contribution in [3.05, 3.63) is 54.0 Å². The van der Waals surface area contributed by atoms with Crippen LogP contribution in [-0.4, -0.2) is 40.9 Å². The van der Waals surface area contributed by atoms with Gasteiger partial charge in [0.15, 0.2) is 5.69 Å². The largest absolute Gasteiger partial charge is 0.475 e. The molecule has 32 heavy (non-hydrogen) atoms. The summed E-state index contributed by atoms with van der Waals surface area (Å²) in [5, 5.41) is 0. The highest BCUT2D eigenvalue weighted by atomic mass is 19.4. The highest BCUT2D eigenvalue weighted by Crippen LogP contribution is 2.27. The van der Waals surface area contributed by atoms with Gasteiger partial charge in [-0.2, -0.15) is 13.2 Å². The number of carbonyl (C=O) groups excluding carboxylic acids is 1. The fourth-order valence-electron chi connectivity index (χ4n) is 2.25. The van der Waals surface area contributed by atoms with Gasteiger partial charge in [-0.15, -0.1) is 0 Å². The van der Waals surface area contributed by atoms with E-state index in [9.17, 15) is 13.2 Å². The summed E-state index contributed by atoms with van der Waals surface area (Å²) in [6.07, 6.45) is -2.81. The summed E-state index contributed by atoms with van der Waals surface area (Å²) in [6, 6.07) is 10.1. The summed E-state index contributed by atoms with van der Waals surface area (Å²) in [6.45, 7) is 20.0. The third kappa shape index (κ3) is 14.5. The lowest BCUT2D eigenvalue weighted by Crippen LogP contribution is -2.36. The van der Waals surface area contributed by atoms with Gasteiger partial charge >= 0.3 is 6.18 Å². The third-order valence-corrected chi connectivity index (χ3v) is 3.65. The minimum absolute atomic E-state index is 0.0827. The smallest absolute Gasteiger partial charge is 0.434 e. The van der Waals surface area contributed by atoms with Gasteiger partial charge in [-0.3, -0.25) is 4.90 Å². The molecule has 8 heteroatoms. The maximum atomic E-state index is 12.4. The Labute approximate surface area is 192 Å². The Bertz CT molecular complexity index is 639. The summed E-state index contributed by atoms with van der Waals surface area (Å²) in [7, 11) is 0. The Hall–Kier alpha value is -2.48. The molecule has 184 valence electrons. The molecule has 1 aromatic carbocycles. The van der Waals surface area contributed by atoms with E-state index >= 15 is 0 Å². The van der Waals surface area contributed by atoms with Crippen molar-refractivity contribution < 1.29 is 22.7 Å². The van der Waals surface area contributed by atoms with Gasteiger partial charge in [-0.1, -0.05) is 78.8 Å². The minimum atomic E-state index is -4.49. The van der Waals surface area contributed by atoms with Crippen LogP contribution in [0.2, 0.25) is 0 Å². The van der Waals surface area contributed by atoms with E-state index in [4.69, 9.17) is 9.53 Å². The Morgan fingerprint density at radius 3 is 1.91 bits per heavy atom. The Kier molecular flexibility index (Phi) is 23.2. The maximum Gasteiger partial charge on any atom is 0.434 e. The molecular formula is C24H40F3N3O2. The summed E-state index contributed by atoms with van der Waals surface area (Å²) in [5.74, 6) is 0.0885. The Balaban J connectivity index is -0.000000945. The number of aromatic nitrogens is 2. The van der Waals surface area contributed by atoms with Crippen LogP contribution in [-0.2, 0) is 17.5 Å². The molecule has 5 nitrogen and oxygen atoms in total. The van der Waals surface area contributed by atoms with Gasteiger partial charge in [0.05, 0.1) is 12.4 Å². The average molecular weight is 460 g/mol. The van der Waals surface area contributed by atoms with Gasteiger partial charge in [0.2, 0.25) is 5.88 Å². The molecular weight excluding hydrogens is 419 g/mol. The number of hydrogen-bond donors (Lipinski definition) is 0. The molecule has 0 saturated carbocycles. The highest BCUT2D eigenvalue weighted by molar-refractivity contribution is 5.14. The van der Waals surface area contributed by atoms with Crippen LogP contribution in [0, 0.1) is 0 Å². The van der Waals surface area contributed by atoms with Crippen LogP contribution in [0.15, 0.2) is 42.7 Å². The fourth-order valence-corrected chi connectivity index (χ4v) is 2.25. The normalized spacial score (nSPS) is 10.5. The highest BCUT2D eigenvalue weighted by Gasteiger charge is 2.32. The van der Waals surface area contributed by atoms with Crippen LogP contribution in [0.3, 0.4) is 0 Å². The van der Waals surface area contributed by atoms with Gasteiger partial charge in [0.25, 0.3) is 0 Å². The second-order valence-electron chi connectivity index (χ2n) is 5.45. The number of ether oxygens (including phenoxy) is 1. The zero-order chi connectivity index (χ0) is 25.6. The van der Waals surface area contributed by atoms with E-state index in [-0.39, 0.29) is 11.9 Å². The molecule has 0 spiro atoms. The van der Waals surface area contributed by atoms with Gasteiger partial charge in [-0.25, -0.2) is 9.97 Å². The predicted molar refractivity (Wildman–Crippen MR) is 126 cm³/mol. The lowest BCUT2D eigenvalue weighted by Gasteiger charge is -2.27. The molecule has 0 amide bonds.